The molecule has 6 rings (SSSR count). The molecule has 17 heteroatoms. The van der Waals surface area contributed by atoms with Gasteiger partial charge in [0.1, 0.15) is 17.8 Å². The zero-order chi connectivity index (χ0) is 45.0. The molecular formula is C46H44ClN7O9. The summed E-state index contributed by atoms with van der Waals surface area (Å²) in [7, 11) is 1.40. The van der Waals surface area contributed by atoms with E-state index in [9.17, 15) is 38.7 Å². The van der Waals surface area contributed by atoms with Gasteiger partial charge in [-0.3, -0.25) is 28.8 Å². The van der Waals surface area contributed by atoms with E-state index in [4.69, 9.17) is 16.3 Å². The van der Waals surface area contributed by atoms with Crippen LogP contribution in [0.2, 0.25) is 5.02 Å². The van der Waals surface area contributed by atoms with Crippen LogP contribution in [-0.4, -0.2) is 101 Å². The second-order valence-corrected chi connectivity index (χ2v) is 15.1. The van der Waals surface area contributed by atoms with E-state index in [1.54, 1.807) is 60.7 Å². The Morgan fingerprint density at radius 1 is 0.873 bits per heavy atom. The molecule has 0 fully saturated rings. The Bertz CT molecular complexity index is 2520. The average Bonchev–Trinajstić information content (AvgIpc) is 3.29. The van der Waals surface area contributed by atoms with E-state index in [0.717, 1.165) is 28.0 Å². The lowest BCUT2D eigenvalue weighted by atomic mass is 9.90. The van der Waals surface area contributed by atoms with E-state index >= 15 is 0 Å². The van der Waals surface area contributed by atoms with Crippen LogP contribution >= 0.6 is 11.6 Å². The molecule has 5 aromatic rings. The van der Waals surface area contributed by atoms with Gasteiger partial charge < -0.3 is 36.0 Å². The van der Waals surface area contributed by atoms with Gasteiger partial charge in [-0.25, -0.2) is 14.8 Å². The predicted octanol–water partition coefficient (Wildman–Crippen LogP) is 3.75. The number of ketones is 1. The molecule has 0 aliphatic carbocycles. The van der Waals surface area contributed by atoms with Crippen molar-refractivity contribution in [1.29, 1.82) is 0 Å². The first-order valence-electron chi connectivity index (χ1n) is 20.0. The molecule has 4 bridgehead atoms. The summed E-state index contributed by atoms with van der Waals surface area (Å²) in [4.78, 5) is 101. The average molecular weight is 874 g/mol. The third-order valence-corrected chi connectivity index (χ3v) is 10.4. The maximum absolute atomic E-state index is 14.1. The number of fused-ring (bicyclic) bond motifs is 5. The van der Waals surface area contributed by atoms with Crippen LogP contribution in [-0.2, 0) is 41.6 Å². The molecule has 0 saturated carbocycles. The van der Waals surface area contributed by atoms with Gasteiger partial charge in [0.25, 0.3) is 5.91 Å². The van der Waals surface area contributed by atoms with Gasteiger partial charge in [-0.15, -0.1) is 0 Å². The highest BCUT2D eigenvalue weighted by Crippen LogP contribution is 2.36. The molecule has 1 aliphatic heterocycles. The van der Waals surface area contributed by atoms with Crippen LogP contribution in [0.1, 0.15) is 57.1 Å². The Kier molecular flexibility index (Phi) is 14.9. The van der Waals surface area contributed by atoms with E-state index in [1.165, 1.54) is 31.6 Å². The fourth-order valence-electron chi connectivity index (χ4n) is 6.89. The number of rotatable bonds is 13. The quantitative estimate of drug-likeness (QED) is 0.107. The summed E-state index contributed by atoms with van der Waals surface area (Å²) in [5.74, 6) is -5.31. The molecule has 0 radical (unpaired) electrons. The van der Waals surface area contributed by atoms with Crippen LogP contribution in [0.15, 0.2) is 103 Å². The van der Waals surface area contributed by atoms with E-state index in [1.807, 2.05) is 25.1 Å². The summed E-state index contributed by atoms with van der Waals surface area (Å²) in [6, 6.07) is 22.9. The Balaban J connectivity index is 1.20. The zero-order valence-corrected chi connectivity index (χ0v) is 35.1. The minimum Gasteiger partial charge on any atom is -0.507 e. The number of nitrogens with one attached hydrogen (secondary N) is 4. The molecule has 2 atom stereocenters. The van der Waals surface area contributed by atoms with Crippen LogP contribution in [0, 0.1) is 0 Å². The summed E-state index contributed by atoms with van der Waals surface area (Å²) in [5, 5.41) is 22.1. The smallest absolute Gasteiger partial charge is 0.376 e. The number of hydrogen-bond acceptors (Lipinski definition) is 11. The number of hydrogen-bond donors (Lipinski definition) is 5. The van der Waals surface area contributed by atoms with Crippen molar-refractivity contribution in [3.8, 4) is 28.0 Å². The molecule has 5 amide bonds. The molecule has 63 heavy (non-hydrogen) atoms. The first-order valence-corrected chi connectivity index (χ1v) is 20.3. The second-order valence-electron chi connectivity index (χ2n) is 14.6. The third-order valence-electron chi connectivity index (χ3n) is 10.2. The summed E-state index contributed by atoms with van der Waals surface area (Å²) >= 11 is 6.01. The molecule has 16 nitrogen and oxygen atoms in total. The fourth-order valence-corrected chi connectivity index (χ4v) is 7.02. The number of phenolic OH excluding ortho intramolecular Hbond substituents is 1. The fraction of sp³-hybridized carbons (Fsp3) is 0.239. The van der Waals surface area contributed by atoms with Crippen molar-refractivity contribution in [3.05, 3.63) is 136 Å². The molecule has 324 valence electrons. The Morgan fingerprint density at radius 2 is 1.57 bits per heavy atom. The van der Waals surface area contributed by atoms with Crippen LogP contribution in [0.5, 0.6) is 5.75 Å². The number of likely N-dealkylation sites (N-methyl/N-ethyl adjacent to an activating group) is 1. The molecule has 0 saturated heterocycles. The highest BCUT2D eigenvalue weighted by atomic mass is 35.5. The predicted molar refractivity (Wildman–Crippen MR) is 231 cm³/mol. The largest absolute Gasteiger partial charge is 0.507 e. The summed E-state index contributed by atoms with van der Waals surface area (Å²) in [5.41, 5.74) is 4.77. The third kappa shape index (κ3) is 11.7. The summed E-state index contributed by atoms with van der Waals surface area (Å²) < 4.78 is 4.95. The van der Waals surface area contributed by atoms with Gasteiger partial charge in [0.05, 0.1) is 19.6 Å². The number of esters is 1. The number of nitrogens with zero attached hydrogens (tertiary/aromatic N) is 3. The maximum atomic E-state index is 14.1. The number of aromatic hydroxyl groups is 1. The van der Waals surface area contributed by atoms with E-state index in [2.05, 4.69) is 31.2 Å². The molecule has 0 spiro atoms. The van der Waals surface area contributed by atoms with Gasteiger partial charge in [-0.1, -0.05) is 67.4 Å². The number of Topliss-reactive ketones (excluding diaryl/α,β-unsaturated/α-hetero) is 1. The minimum absolute atomic E-state index is 0.0752. The normalized spacial score (nSPS) is 14.8. The number of phenols is 1. The van der Waals surface area contributed by atoms with Gasteiger partial charge in [0.15, 0.2) is 12.4 Å². The first kappa shape index (κ1) is 45.1. The highest BCUT2D eigenvalue weighted by molar-refractivity contribution is 6.30. The summed E-state index contributed by atoms with van der Waals surface area (Å²) in [6.07, 6.45) is 3.94. The van der Waals surface area contributed by atoms with Crippen molar-refractivity contribution < 1.29 is 43.4 Å². The number of amides is 5. The van der Waals surface area contributed by atoms with Gasteiger partial charge in [-0.05, 0) is 88.3 Å². The van der Waals surface area contributed by atoms with Gasteiger partial charge >= 0.3 is 5.97 Å². The zero-order valence-electron chi connectivity index (χ0n) is 34.4. The molecular weight excluding hydrogens is 830 g/mol. The highest BCUT2D eigenvalue weighted by Gasteiger charge is 2.31. The maximum Gasteiger partial charge on any atom is 0.376 e. The second kappa shape index (κ2) is 20.9. The van der Waals surface area contributed by atoms with E-state index in [-0.39, 0.29) is 18.0 Å². The van der Waals surface area contributed by atoms with Gasteiger partial charge in [-0.2, -0.15) is 0 Å². The number of carbonyl (C=O) groups excluding carboxylic acids is 7. The lowest BCUT2D eigenvalue weighted by Crippen LogP contribution is -2.52. The SMILES string of the molecule is CCCc1ccc2cc1-c1cc(ccc1O)CC(C(=O)NCC(=O)COC(=O)c1ncccn1)NC(=O)CNC(=O)C2N(C)C(=O)CNC(=O)c1ccc(-c2ccc(Cl)cc2)cc1. The van der Waals surface area contributed by atoms with E-state index in [0.29, 0.717) is 39.3 Å². The van der Waals surface area contributed by atoms with Gasteiger partial charge in [0.2, 0.25) is 29.5 Å². The topological polar surface area (TPSA) is 226 Å². The minimum atomic E-state index is -1.31. The van der Waals surface area contributed by atoms with Crippen molar-refractivity contribution in [3.63, 3.8) is 0 Å². The van der Waals surface area contributed by atoms with Crippen molar-refractivity contribution >= 4 is 52.9 Å². The lowest BCUT2D eigenvalue weighted by molar-refractivity contribution is -0.139. The molecule has 2 unspecified atom stereocenters. The number of aryl methyl sites for hydroxylation is 1. The number of carbonyl (C=O) groups is 7. The molecule has 1 aromatic heterocycles. The Morgan fingerprint density at radius 3 is 2.27 bits per heavy atom. The Labute approximate surface area is 367 Å². The molecule has 5 N–H and O–H groups in total. The monoisotopic (exact) mass is 873 g/mol. The number of halogens is 1. The van der Waals surface area contributed by atoms with Crippen molar-refractivity contribution in [1.82, 2.24) is 36.1 Å². The van der Waals surface area contributed by atoms with Crippen LogP contribution < -0.4 is 21.3 Å². The van der Waals surface area contributed by atoms with E-state index < -0.39 is 79.6 Å². The van der Waals surface area contributed by atoms with Crippen molar-refractivity contribution in [2.45, 2.75) is 38.3 Å². The number of aromatic nitrogens is 2. The number of ether oxygens (including phenoxy) is 1. The number of benzene rings is 4. The molecule has 2 heterocycles. The Hall–Kier alpha value is -7.46. The first-order chi connectivity index (χ1) is 30.3. The summed E-state index contributed by atoms with van der Waals surface area (Å²) in [6.45, 7) is -0.292. The van der Waals surface area contributed by atoms with Crippen molar-refractivity contribution in [2.24, 2.45) is 0 Å². The standard InChI is InChI=1S/C46H44ClN7O9/c1-3-5-30-9-12-32-22-35(30)36-20-27(6-17-38(36)56)21-37(44(60)50-23-34(55)26-63-46(62)42-48-18-4-19-49-42)53-39(57)24-51-45(61)41(32)54(2)40(58)25-52-43(59)31-10-7-28(8-11-31)29-13-15-33(47)16-14-29/h4,6-20,22,37,41,56H,3,5,21,23-26H2,1-2H3,(H,50,60)(H,51,61)(H,52,59)(H,53,57). The van der Waals surface area contributed by atoms with Crippen molar-refractivity contribution in [2.75, 3.05) is 33.3 Å². The van der Waals surface area contributed by atoms with Crippen LogP contribution in [0.25, 0.3) is 22.3 Å². The van der Waals surface area contributed by atoms with Crippen LogP contribution in [0.4, 0.5) is 0 Å². The van der Waals surface area contributed by atoms with Gasteiger partial charge in [0, 0.05) is 42.0 Å². The molecule has 1 aliphatic rings. The molecule has 4 aromatic carbocycles. The lowest BCUT2D eigenvalue weighted by Gasteiger charge is -2.29. The van der Waals surface area contributed by atoms with Crippen LogP contribution in [0.3, 0.4) is 0 Å².